The zero-order valence-electron chi connectivity index (χ0n) is 16.7. The molecular formula is C20H32IN3O2. The van der Waals surface area contributed by atoms with Gasteiger partial charge in [-0.1, -0.05) is 45.0 Å². The van der Waals surface area contributed by atoms with Crippen LogP contribution in [-0.2, 0) is 14.9 Å². The van der Waals surface area contributed by atoms with Crippen LogP contribution in [0.5, 0.6) is 0 Å². The highest BCUT2D eigenvalue weighted by molar-refractivity contribution is 14.0. The molecule has 0 aliphatic carbocycles. The van der Waals surface area contributed by atoms with Gasteiger partial charge in [0.25, 0.3) is 0 Å². The van der Waals surface area contributed by atoms with Gasteiger partial charge in [-0.2, -0.15) is 0 Å². The number of esters is 1. The number of halogens is 1. The smallest absolute Gasteiger partial charge is 0.310 e. The first-order valence-corrected chi connectivity index (χ1v) is 8.89. The topological polar surface area (TPSA) is 53.9 Å². The van der Waals surface area contributed by atoms with Crippen molar-refractivity contribution in [2.24, 2.45) is 16.8 Å². The molecule has 1 saturated heterocycles. The molecule has 1 aliphatic rings. The molecule has 1 aromatic carbocycles. The standard InChI is InChI=1S/C20H31N3O2.HI/c1-14-9-7-8-10-17(14)20(3,4)13-22-19(21-5)23-11-15(2)16(12-23)18(24)25-6;/h7-10,15-16H,11-13H2,1-6H3,(H,21,22);1H. The second-order valence-corrected chi connectivity index (χ2v) is 7.61. The van der Waals surface area contributed by atoms with Gasteiger partial charge in [-0.3, -0.25) is 9.79 Å². The highest BCUT2D eigenvalue weighted by atomic mass is 127. The van der Waals surface area contributed by atoms with Crippen LogP contribution in [-0.4, -0.2) is 50.6 Å². The van der Waals surface area contributed by atoms with Crippen molar-refractivity contribution in [3.05, 3.63) is 35.4 Å². The fraction of sp³-hybridized carbons (Fsp3) is 0.600. The van der Waals surface area contributed by atoms with E-state index in [4.69, 9.17) is 4.74 Å². The summed E-state index contributed by atoms with van der Waals surface area (Å²) in [5.41, 5.74) is 2.61. The molecule has 0 radical (unpaired) electrons. The van der Waals surface area contributed by atoms with Crippen LogP contribution in [0.4, 0.5) is 0 Å². The van der Waals surface area contributed by atoms with Crippen molar-refractivity contribution < 1.29 is 9.53 Å². The van der Waals surface area contributed by atoms with Crippen LogP contribution in [0.15, 0.2) is 29.3 Å². The summed E-state index contributed by atoms with van der Waals surface area (Å²) in [6.45, 7) is 10.9. The minimum absolute atomic E-state index is 0. The lowest BCUT2D eigenvalue weighted by molar-refractivity contribution is -0.145. The van der Waals surface area contributed by atoms with Crippen molar-refractivity contribution in [2.45, 2.75) is 33.1 Å². The summed E-state index contributed by atoms with van der Waals surface area (Å²) in [6.07, 6.45) is 0. The number of carbonyl (C=O) groups is 1. The van der Waals surface area contributed by atoms with Gasteiger partial charge in [-0.25, -0.2) is 0 Å². The zero-order chi connectivity index (χ0) is 18.6. The van der Waals surface area contributed by atoms with E-state index in [1.54, 1.807) is 7.05 Å². The quantitative estimate of drug-likeness (QED) is 0.316. The predicted octanol–water partition coefficient (Wildman–Crippen LogP) is 3.21. The number of nitrogens with zero attached hydrogens (tertiary/aromatic N) is 2. The third-order valence-electron chi connectivity index (χ3n) is 5.19. The Morgan fingerprint density at radius 3 is 2.58 bits per heavy atom. The van der Waals surface area contributed by atoms with E-state index >= 15 is 0 Å². The molecule has 1 N–H and O–H groups in total. The summed E-state index contributed by atoms with van der Waals surface area (Å²) >= 11 is 0. The summed E-state index contributed by atoms with van der Waals surface area (Å²) in [5.74, 6) is 0.883. The van der Waals surface area contributed by atoms with Crippen LogP contribution >= 0.6 is 24.0 Å². The molecule has 146 valence electrons. The van der Waals surface area contributed by atoms with Crippen molar-refractivity contribution in [1.82, 2.24) is 10.2 Å². The van der Waals surface area contributed by atoms with Crippen molar-refractivity contribution in [3.8, 4) is 0 Å². The normalized spacial score (nSPS) is 20.5. The number of hydrogen-bond donors (Lipinski definition) is 1. The van der Waals surface area contributed by atoms with Crippen molar-refractivity contribution in [2.75, 3.05) is 33.8 Å². The van der Waals surface area contributed by atoms with Crippen molar-refractivity contribution in [1.29, 1.82) is 0 Å². The Hall–Kier alpha value is -1.31. The number of rotatable bonds is 4. The Kier molecular flexibility index (Phi) is 8.37. The summed E-state index contributed by atoms with van der Waals surface area (Å²) in [5, 5.41) is 3.50. The summed E-state index contributed by atoms with van der Waals surface area (Å²) in [6, 6.07) is 8.49. The van der Waals surface area contributed by atoms with Crippen LogP contribution in [0.2, 0.25) is 0 Å². The van der Waals surface area contributed by atoms with Crippen LogP contribution in [0, 0.1) is 18.8 Å². The molecule has 26 heavy (non-hydrogen) atoms. The highest BCUT2D eigenvalue weighted by Crippen LogP contribution is 2.27. The molecular weight excluding hydrogens is 441 g/mol. The van der Waals surface area contributed by atoms with Crippen molar-refractivity contribution >= 4 is 35.9 Å². The predicted molar refractivity (Wildman–Crippen MR) is 117 cm³/mol. The maximum absolute atomic E-state index is 11.9. The SMILES string of the molecule is CN=C(NCC(C)(C)c1ccccc1C)N1CC(C)C(C(=O)OC)C1.I. The number of benzene rings is 1. The first-order valence-electron chi connectivity index (χ1n) is 8.89. The van der Waals surface area contributed by atoms with Crippen molar-refractivity contribution in [3.63, 3.8) is 0 Å². The molecule has 0 saturated carbocycles. The summed E-state index contributed by atoms with van der Waals surface area (Å²) in [7, 11) is 3.24. The minimum Gasteiger partial charge on any atom is -0.469 e. The van der Waals surface area contributed by atoms with Gasteiger partial charge >= 0.3 is 5.97 Å². The molecule has 2 atom stereocenters. The van der Waals surface area contributed by atoms with Gasteiger partial charge < -0.3 is 15.0 Å². The zero-order valence-corrected chi connectivity index (χ0v) is 19.0. The number of guanidine groups is 1. The van der Waals surface area contributed by atoms with Crippen LogP contribution in [0.25, 0.3) is 0 Å². The van der Waals surface area contributed by atoms with Gasteiger partial charge in [0.15, 0.2) is 5.96 Å². The molecule has 0 amide bonds. The lowest BCUT2D eigenvalue weighted by atomic mass is 9.82. The maximum atomic E-state index is 11.9. The Morgan fingerprint density at radius 1 is 1.35 bits per heavy atom. The number of ether oxygens (including phenoxy) is 1. The second-order valence-electron chi connectivity index (χ2n) is 7.61. The van der Waals surface area contributed by atoms with Gasteiger partial charge in [0.2, 0.25) is 0 Å². The minimum atomic E-state index is -0.134. The molecule has 0 spiro atoms. The van der Waals surface area contributed by atoms with E-state index in [9.17, 15) is 4.79 Å². The van der Waals surface area contributed by atoms with Gasteiger partial charge in [-0.05, 0) is 24.0 Å². The van der Waals surface area contributed by atoms with Crippen LogP contribution in [0.1, 0.15) is 31.9 Å². The molecule has 0 bridgehead atoms. The molecule has 6 heteroatoms. The van der Waals surface area contributed by atoms with E-state index in [0.29, 0.717) is 6.54 Å². The number of methoxy groups -OCH3 is 1. The van der Waals surface area contributed by atoms with E-state index in [1.165, 1.54) is 18.2 Å². The molecule has 1 aromatic rings. The molecule has 2 rings (SSSR count). The molecule has 2 unspecified atom stereocenters. The first kappa shape index (κ1) is 22.7. The second kappa shape index (κ2) is 9.58. The molecule has 1 fully saturated rings. The van der Waals surface area contributed by atoms with Gasteiger partial charge in [0, 0.05) is 32.1 Å². The van der Waals surface area contributed by atoms with E-state index < -0.39 is 0 Å². The average molecular weight is 473 g/mol. The first-order chi connectivity index (χ1) is 11.8. The Balaban J connectivity index is 0.00000338. The van der Waals surface area contributed by atoms with Gasteiger partial charge in [0.05, 0.1) is 13.0 Å². The van der Waals surface area contributed by atoms with E-state index in [-0.39, 0.29) is 47.2 Å². The van der Waals surface area contributed by atoms with Gasteiger partial charge in [-0.15, -0.1) is 24.0 Å². The summed E-state index contributed by atoms with van der Waals surface area (Å²) in [4.78, 5) is 18.5. The van der Waals surface area contributed by atoms with E-state index in [2.05, 4.69) is 67.2 Å². The Morgan fingerprint density at radius 2 is 2.00 bits per heavy atom. The molecule has 1 heterocycles. The average Bonchev–Trinajstić information content (AvgIpc) is 2.96. The third kappa shape index (κ3) is 5.11. The highest BCUT2D eigenvalue weighted by Gasteiger charge is 2.37. The lowest BCUT2D eigenvalue weighted by Crippen LogP contribution is -2.45. The number of aryl methyl sites for hydroxylation is 1. The fourth-order valence-electron chi connectivity index (χ4n) is 3.66. The lowest BCUT2D eigenvalue weighted by Gasteiger charge is -2.30. The number of aliphatic imine (C=N–C) groups is 1. The van der Waals surface area contributed by atoms with E-state index in [1.807, 2.05) is 0 Å². The van der Waals surface area contributed by atoms with Gasteiger partial charge in [0.1, 0.15) is 0 Å². The third-order valence-corrected chi connectivity index (χ3v) is 5.19. The molecule has 1 aliphatic heterocycles. The van der Waals surface area contributed by atoms with E-state index in [0.717, 1.165) is 19.0 Å². The Bertz CT molecular complexity index is 646. The van der Waals surface area contributed by atoms with Crippen LogP contribution in [0.3, 0.4) is 0 Å². The molecule has 5 nitrogen and oxygen atoms in total. The number of carbonyl (C=O) groups excluding carboxylic acids is 1. The number of hydrogen-bond acceptors (Lipinski definition) is 3. The number of nitrogens with one attached hydrogen (secondary N) is 1. The monoisotopic (exact) mass is 473 g/mol. The summed E-state index contributed by atoms with van der Waals surface area (Å²) < 4.78 is 4.93. The number of likely N-dealkylation sites (tertiary alicyclic amines) is 1. The molecule has 0 aromatic heterocycles. The fourth-order valence-corrected chi connectivity index (χ4v) is 3.66. The Labute approximate surface area is 174 Å². The van der Waals surface area contributed by atoms with Crippen LogP contribution < -0.4 is 5.32 Å². The maximum Gasteiger partial charge on any atom is 0.310 e. The largest absolute Gasteiger partial charge is 0.469 e.